The Hall–Kier alpha value is -0.400. The van der Waals surface area contributed by atoms with Crippen molar-refractivity contribution in [3.8, 4) is 0 Å². The van der Waals surface area contributed by atoms with Crippen molar-refractivity contribution in [3.63, 3.8) is 0 Å². The maximum atomic E-state index is 12.4. The fourth-order valence-corrected chi connectivity index (χ4v) is 0.335. The first-order chi connectivity index (χ1) is 3.48. The second-order valence-electron chi connectivity index (χ2n) is 2.76. The normalized spacial score (nSPS) is 14.4. The van der Waals surface area contributed by atoms with Gasteiger partial charge in [0.05, 0.1) is 0 Å². The summed E-state index contributed by atoms with van der Waals surface area (Å²) in [6.45, 7) is 5.36. The average Bonchev–Trinajstić information content (AvgIpc) is 1.62. The highest BCUT2D eigenvalue weighted by Gasteiger charge is 2.16. The summed E-state index contributed by atoms with van der Waals surface area (Å²) in [6, 6.07) is 0. The second-order valence-corrected chi connectivity index (χ2v) is 2.76. The van der Waals surface area contributed by atoms with Gasteiger partial charge in [0.15, 0.2) is 5.97 Å². The van der Waals surface area contributed by atoms with Crippen molar-refractivity contribution in [2.75, 3.05) is 7.05 Å². The van der Waals surface area contributed by atoms with Crippen molar-refractivity contribution in [1.29, 1.82) is 0 Å². The summed E-state index contributed by atoms with van der Waals surface area (Å²) >= 11 is 0. The van der Waals surface area contributed by atoms with E-state index in [0.717, 1.165) is 0 Å². The minimum absolute atomic E-state index is 0.294. The molecular formula is C6H12FN. The summed E-state index contributed by atoms with van der Waals surface area (Å²) in [5.74, 6) is -0.294. The van der Waals surface area contributed by atoms with Crippen LogP contribution in [-0.2, 0) is 0 Å². The molecule has 0 saturated carbocycles. The molecule has 0 fully saturated rings. The first kappa shape index (κ1) is 7.60. The third kappa shape index (κ3) is 2.05. The van der Waals surface area contributed by atoms with E-state index >= 15 is 0 Å². The summed E-state index contributed by atoms with van der Waals surface area (Å²) in [5.41, 5.74) is -0.408. The van der Waals surface area contributed by atoms with E-state index in [1.807, 2.05) is 0 Å². The molecule has 0 atom stereocenters. The van der Waals surface area contributed by atoms with Crippen LogP contribution in [0.2, 0.25) is 0 Å². The topological polar surface area (TPSA) is 12.4 Å². The lowest BCUT2D eigenvalue weighted by molar-refractivity contribution is 0.517. The number of rotatable bonds is 0. The zero-order valence-electron chi connectivity index (χ0n) is 5.83. The molecule has 48 valence electrons. The molecule has 0 aliphatic rings. The zero-order valence-corrected chi connectivity index (χ0v) is 5.83. The Balaban J connectivity index is 4.03. The highest BCUT2D eigenvalue weighted by molar-refractivity contribution is 5.79. The summed E-state index contributed by atoms with van der Waals surface area (Å²) in [5, 5.41) is 0. The maximum Gasteiger partial charge on any atom is 0.189 e. The third-order valence-corrected chi connectivity index (χ3v) is 0.815. The Kier molecular flexibility index (Phi) is 2.13. The molecule has 0 saturated heterocycles. The van der Waals surface area contributed by atoms with Crippen LogP contribution >= 0.6 is 0 Å². The molecule has 8 heavy (non-hydrogen) atoms. The van der Waals surface area contributed by atoms with Crippen molar-refractivity contribution in [3.05, 3.63) is 0 Å². The van der Waals surface area contributed by atoms with Crippen LogP contribution in [0.5, 0.6) is 0 Å². The van der Waals surface area contributed by atoms with E-state index in [1.165, 1.54) is 7.05 Å². The minimum atomic E-state index is -0.408. The fraction of sp³-hybridized carbons (Fsp3) is 0.833. The van der Waals surface area contributed by atoms with Gasteiger partial charge < -0.3 is 0 Å². The van der Waals surface area contributed by atoms with Crippen molar-refractivity contribution in [2.45, 2.75) is 20.8 Å². The molecule has 0 radical (unpaired) electrons. The lowest BCUT2D eigenvalue weighted by Crippen LogP contribution is -2.14. The third-order valence-electron chi connectivity index (χ3n) is 0.815. The SMILES string of the molecule is CN=C(F)C(C)(C)C. The van der Waals surface area contributed by atoms with Gasteiger partial charge in [0.25, 0.3) is 0 Å². The van der Waals surface area contributed by atoms with Crippen molar-refractivity contribution in [2.24, 2.45) is 10.4 Å². The van der Waals surface area contributed by atoms with Gasteiger partial charge in [0.1, 0.15) is 0 Å². The lowest BCUT2D eigenvalue weighted by atomic mass is 9.98. The van der Waals surface area contributed by atoms with Crippen LogP contribution in [-0.4, -0.2) is 13.0 Å². The van der Waals surface area contributed by atoms with Gasteiger partial charge in [-0.2, -0.15) is 4.39 Å². The number of halogens is 1. The van der Waals surface area contributed by atoms with Crippen molar-refractivity contribution in [1.82, 2.24) is 0 Å². The zero-order chi connectivity index (χ0) is 6.78. The highest BCUT2D eigenvalue weighted by Crippen LogP contribution is 2.15. The van der Waals surface area contributed by atoms with E-state index < -0.39 is 5.41 Å². The molecule has 0 aliphatic heterocycles. The van der Waals surface area contributed by atoms with Crippen LogP contribution in [0.1, 0.15) is 20.8 Å². The molecular weight excluding hydrogens is 105 g/mol. The Morgan fingerprint density at radius 2 is 1.75 bits per heavy atom. The second kappa shape index (κ2) is 2.25. The maximum absolute atomic E-state index is 12.4. The van der Waals surface area contributed by atoms with Crippen LogP contribution in [0.4, 0.5) is 4.39 Å². The first-order valence-corrected chi connectivity index (χ1v) is 2.61. The van der Waals surface area contributed by atoms with Crippen molar-refractivity contribution >= 4 is 5.97 Å². The summed E-state index contributed by atoms with van der Waals surface area (Å²) < 4.78 is 12.4. The van der Waals surface area contributed by atoms with Gasteiger partial charge in [-0.25, -0.2) is 0 Å². The van der Waals surface area contributed by atoms with Gasteiger partial charge >= 0.3 is 0 Å². The molecule has 0 rings (SSSR count). The summed E-state index contributed by atoms with van der Waals surface area (Å²) in [6.07, 6.45) is 0. The number of hydrogen-bond donors (Lipinski definition) is 0. The Morgan fingerprint density at radius 1 is 1.38 bits per heavy atom. The standard InChI is InChI=1S/C6H12FN/c1-6(2,3)5(7)8-4/h1-4H3. The molecule has 0 aromatic carbocycles. The quantitative estimate of drug-likeness (QED) is 0.430. The Labute approximate surface area is 49.6 Å². The molecule has 0 spiro atoms. The van der Waals surface area contributed by atoms with E-state index in [9.17, 15) is 4.39 Å². The van der Waals surface area contributed by atoms with E-state index in [-0.39, 0.29) is 5.97 Å². The number of hydrogen-bond acceptors (Lipinski definition) is 1. The van der Waals surface area contributed by atoms with Gasteiger partial charge in [-0.3, -0.25) is 4.99 Å². The van der Waals surface area contributed by atoms with Gasteiger partial charge in [-0.15, -0.1) is 0 Å². The largest absolute Gasteiger partial charge is 0.265 e. The minimum Gasteiger partial charge on any atom is -0.265 e. The molecule has 1 nitrogen and oxygen atoms in total. The average molecular weight is 117 g/mol. The molecule has 0 aromatic heterocycles. The van der Waals surface area contributed by atoms with Crippen LogP contribution in [0.3, 0.4) is 0 Å². The van der Waals surface area contributed by atoms with E-state index in [1.54, 1.807) is 20.8 Å². The Bertz CT molecular complexity index is 99.6. The van der Waals surface area contributed by atoms with E-state index in [4.69, 9.17) is 0 Å². The fourth-order valence-electron chi connectivity index (χ4n) is 0.335. The predicted molar refractivity (Wildman–Crippen MR) is 33.9 cm³/mol. The molecule has 0 aromatic rings. The van der Waals surface area contributed by atoms with Crippen LogP contribution in [0.25, 0.3) is 0 Å². The molecule has 2 heteroatoms. The summed E-state index contributed by atoms with van der Waals surface area (Å²) in [7, 11) is 1.46. The number of aliphatic imine (C=N–C) groups is 1. The summed E-state index contributed by atoms with van der Waals surface area (Å²) in [4.78, 5) is 3.41. The van der Waals surface area contributed by atoms with Gasteiger partial charge in [-0.1, -0.05) is 20.8 Å². The number of nitrogens with zero attached hydrogens (tertiary/aromatic N) is 1. The lowest BCUT2D eigenvalue weighted by Gasteiger charge is -2.12. The molecule has 0 heterocycles. The highest BCUT2D eigenvalue weighted by atomic mass is 19.1. The molecule has 0 bridgehead atoms. The molecule has 0 aliphatic carbocycles. The van der Waals surface area contributed by atoms with Gasteiger partial charge in [0, 0.05) is 12.5 Å². The smallest absolute Gasteiger partial charge is 0.189 e. The first-order valence-electron chi connectivity index (χ1n) is 2.61. The van der Waals surface area contributed by atoms with Crippen LogP contribution in [0.15, 0.2) is 4.99 Å². The Morgan fingerprint density at radius 3 is 1.75 bits per heavy atom. The monoisotopic (exact) mass is 117 g/mol. The molecule has 0 unspecified atom stereocenters. The van der Waals surface area contributed by atoms with E-state index in [2.05, 4.69) is 4.99 Å². The molecule has 0 N–H and O–H groups in total. The van der Waals surface area contributed by atoms with E-state index in [0.29, 0.717) is 0 Å². The van der Waals surface area contributed by atoms with Crippen LogP contribution < -0.4 is 0 Å². The van der Waals surface area contributed by atoms with Gasteiger partial charge in [0.2, 0.25) is 0 Å². The van der Waals surface area contributed by atoms with Crippen molar-refractivity contribution < 1.29 is 4.39 Å². The predicted octanol–water partition coefficient (Wildman–Crippen LogP) is 2.03. The van der Waals surface area contributed by atoms with Gasteiger partial charge in [-0.05, 0) is 0 Å². The molecule has 0 amide bonds. The van der Waals surface area contributed by atoms with Crippen LogP contribution in [0, 0.1) is 5.41 Å².